The Morgan fingerprint density at radius 1 is 1.27 bits per heavy atom. The lowest BCUT2D eigenvalue weighted by Crippen LogP contribution is -2.44. The van der Waals surface area contributed by atoms with Gasteiger partial charge in [-0.1, -0.05) is 30.7 Å². The molecule has 4 rings (SSSR count). The quantitative estimate of drug-likeness (QED) is 0.864. The van der Waals surface area contributed by atoms with E-state index in [0.29, 0.717) is 26.1 Å². The van der Waals surface area contributed by atoms with E-state index >= 15 is 0 Å². The summed E-state index contributed by atoms with van der Waals surface area (Å²) < 4.78 is 0. The topological polar surface area (TPSA) is 72.9 Å². The van der Waals surface area contributed by atoms with Crippen molar-refractivity contribution in [2.75, 3.05) is 32.7 Å². The van der Waals surface area contributed by atoms with Crippen molar-refractivity contribution >= 4 is 12.0 Å². The molecule has 2 heterocycles. The first-order chi connectivity index (χ1) is 12.6. The summed E-state index contributed by atoms with van der Waals surface area (Å²) in [7, 11) is 0. The Morgan fingerprint density at radius 2 is 2.08 bits per heavy atom. The molecule has 2 fully saturated rings. The molecule has 0 unspecified atom stereocenters. The number of nitrogens with one attached hydrogen (secondary N) is 1. The molecule has 26 heavy (non-hydrogen) atoms. The molecular weight excluding hydrogens is 330 g/mol. The molecule has 1 aliphatic carbocycles. The van der Waals surface area contributed by atoms with Crippen molar-refractivity contribution in [2.45, 2.75) is 32.2 Å². The molecule has 0 spiro atoms. The van der Waals surface area contributed by atoms with Crippen LogP contribution in [0.2, 0.25) is 0 Å². The molecule has 140 valence electrons. The molecule has 1 saturated heterocycles. The number of carbonyl (C=O) groups is 2. The third-order valence-corrected chi connectivity index (χ3v) is 6.50. The Bertz CT molecular complexity index is 707. The van der Waals surface area contributed by atoms with Crippen LogP contribution in [0, 0.1) is 11.3 Å². The van der Waals surface area contributed by atoms with Crippen LogP contribution < -0.4 is 5.32 Å². The number of benzene rings is 1. The second-order valence-corrected chi connectivity index (χ2v) is 7.96. The molecule has 1 aromatic carbocycles. The summed E-state index contributed by atoms with van der Waals surface area (Å²) in [6, 6.07) is 8.42. The van der Waals surface area contributed by atoms with Crippen LogP contribution in [0.1, 0.15) is 30.4 Å². The molecule has 6 nitrogen and oxygen atoms in total. The number of amides is 2. The van der Waals surface area contributed by atoms with Crippen LogP contribution in [-0.2, 0) is 17.8 Å². The summed E-state index contributed by atoms with van der Waals surface area (Å²) in [6.07, 6.45) is 3.63. The maximum absolute atomic E-state index is 12.5. The van der Waals surface area contributed by atoms with Crippen LogP contribution >= 0.6 is 0 Å². The lowest BCUT2D eigenvalue weighted by molar-refractivity contribution is -0.149. The Balaban J connectivity index is 1.26. The average Bonchev–Trinajstić information content (AvgIpc) is 3.20. The van der Waals surface area contributed by atoms with Crippen molar-refractivity contribution in [3.63, 3.8) is 0 Å². The monoisotopic (exact) mass is 357 g/mol. The van der Waals surface area contributed by atoms with Gasteiger partial charge in [0.15, 0.2) is 0 Å². The SMILES string of the molecule is O=C(NCCN1CCc2ccccc2C1)N1C[C@@H]2CCC[C@@]2(C(=O)O)C1. The van der Waals surface area contributed by atoms with E-state index in [1.165, 1.54) is 11.1 Å². The number of fused-ring (bicyclic) bond motifs is 2. The maximum Gasteiger partial charge on any atom is 0.317 e. The van der Waals surface area contributed by atoms with Gasteiger partial charge in [0.1, 0.15) is 0 Å². The van der Waals surface area contributed by atoms with Crippen LogP contribution in [0.5, 0.6) is 0 Å². The van der Waals surface area contributed by atoms with Gasteiger partial charge in [-0.2, -0.15) is 0 Å². The second kappa shape index (κ2) is 6.91. The molecule has 0 bridgehead atoms. The van der Waals surface area contributed by atoms with Crippen molar-refractivity contribution in [1.29, 1.82) is 0 Å². The minimum absolute atomic E-state index is 0.113. The Morgan fingerprint density at radius 3 is 2.85 bits per heavy atom. The predicted octanol–water partition coefficient (Wildman–Crippen LogP) is 1.94. The minimum atomic E-state index is -0.734. The van der Waals surface area contributed by atoms with Gasteiger partial charge in [-0.05, 0) is 36.3 Å². The van der Waals surface area contributed by atoms with Crippen molar-refractivity contribution in [1.82, 2.24) is 15.1 Å². The summed E-state index contributed by atoms with van der Waals surface area (Å²) in [6.45, 7) is 4.30. The highest BCUT2D eigenvalue weighted by atomic mass is 16.4. The smallest absolute Gasteiger partial charge is 0.317 e. The van der Waals surface area contributed by atoms with Gasteiger partial charge in [0, 0.05) is 39.3 Å². The standard InChI is InChI=1S/C20H27N3O3/c24-18(25)20-8-3-6-17(20)13-23(14-20)19(26)21-9-11-22-10-7-15-4-1-2-5-16(15)12-22/h1-2,4-5,17H,3,6-14H2,(H,21,26)(H,24,25)/t17-,20+/m0/s1. The Hall–Kier alpha value is -2.08. The zero-order chi connectivity index (χ0) is 18.1. The van der Waals surface area contributed by atoms with Gasteiger partial charge < -0.3 is 15.3 Å². The van der Waals surface area contributed by atoms with Gasteiger partial charge in [-0.15, -0.1) is 0 Å². The first-order valence-corrected chi connectivity index (χ1v) is 9.64. The normalized spacial score (nSPS) is 27.8. The fourth-order valence-electron chi connectivity index (χ4n) is 4.97. The van der Waals surface area contributed by atoms with E-state index < -0.39 is 11.4 Å². The number of likely N-dealkylation sites (tertiary alicyclic amines) is 1. The number of hydrogen-bond acceptors (Lipinski definition) is 3. The van der Waals surface area contributed by atoms with Crippen molar-refractivity contribution in [3.05, 3.63) is 35.4 Å². The number of carboxylic acid groups (broad SMARTS) is 1. The van der Waals surface area contributed by atoms with E-state index in [2.05, 4.69) is 34.5 Å². The molecule has 1 aromatic rings. The van der Waals surface area contributed by atoms with E-state index in [9.17, 15) is 14.7 Å². The molecular formula is C20H27N3O3. The molecule has 3 aliphatic rings. The van der Waals surface area contributed by atoms with E-state index in [4.69, 9.17) is 0 Å². The van der Waals surface area contributed by atoms with Crippen LogP contribution in [-0.4, -0.2) is 59.6 Å². The van der Waals surface area contributed by atoms with Gasteiger partial charge in [0.2, 0.25) is 0 Å². The number of hydrogen-bond donors (Lipinski definition) is 2. The fourth-order valence-corrected chi connectivity index (χ4v) is 4.97. The summed E-state index contributed by atoms with van der Waals surface area (Å²) in [4.78, 5) is 28.3. The summed E-state index contributed by atoms with van der Waals surface area (Å²) >= 11 is 0. The van der Waals surface area contributed by atoms with Gasteiger partial charge in [0.25, 0.3) is 0 Å². The van der Waals surface area contributed by atoms with Gasteiger partial charge >= 0.3 is 12.0 Å². The third kappa shape index (κ3) is 3.07. The van der Waals surface area contributed by atoms with Crippen molar-refractivity contribution in [2.24, 2.45) is 11.3 Å². The highest BCUT2D eigenvalue weighted by molar-refractivity contribution is 5.80. The number of carbonyl (C=O) groups excluding carboxylic acids is 1. The van der Waals surface area contributed by atoms with Gasteiger partial charge in [-0.25, -0.2) is 4.79 Å². The number of rotatable bonds is 4. The van der Waals surface area contributed by atoms with Gasteiger partial charge in [-0.3, -0.25) is 9.69 Å². The highest BCUT2D eigenvalue weighted by Crippen LogP contribution is 2.48. The summed E-state index contributed by atoms with van der Waals surface area (Å²) in [5.74, 6) is -0.619. The number of urea groups is 1. The van der Waals surface area contributed by atoms with Gasteiger partial charge in [0.05, 0.1) is 5.41 Å². The zero-order valence-electron chi connectivity index (χ0n) is 15.1. The molecule has 2 atom stereocenters. The third-order valence-electron chi connectivity index (χ3n) is 6.50. The molecule has 2 amide bonds. The number of carboxylic acids is 1. The van der Waals surface area contributed by atoms with Crippen molar-refractivity contribution in [3.8, 4) is 0 Å². The van der Waals surface area contributed by atoms with E-state index in [1.54, 1.807) is 4.90 Å². The zero-order valence-corrected chi connectivity index (χ0v) is 15.1. The van der Waals surface area contributed by atoms with E-state index in [-0.39, 0.29) is 11.9 Å². The van der Waals surface area contributed by atoms with Crippen LogP contribution in [0.3, 0.4) is 0 Å². The first kappa shape index (κ1) is 17.3. The lowest BCUT2D eigenvalue weighted by atomic mass is 9.81. The Labute approximate surface area is 154 Å². The number of nitrogens with zero attached hydrogens (tertiary/aromatic N) is 2. The molecule has 0 radical (unpaired) electrons. The van der Waals surface area contributed by atoms with Crippen LogP contribution in [0.15, 0.2) is 24.3 Å². The first-order valence-electron chi connectivity index (χ1n) is 9.64. The average molecular weight is 357 g/mol. The van der Waals surface area contributed by atoms with Crippen molar-refractivity contribution < 1.29 is 14.7 Å². The largest absolute Gasteiger partial charge is 0.481 e. The molecule has 2 N–H and O–H groups in total. The van der Waals surface area contributed by atoms with Crippen LogP contribution in [0.4, 0.5) is 4.79 Å². The highest BCUT2D eigenvalue weighted by Gasteiger charge is 2.55. The maximum atomic E-state index is 12.5. The molecule has 2 aliphatic heterocycles. The molecule has 6 heteroatoms. The Kier molecular flexibility index (Phi) is 4.61. The summed E-state index contributed by atoms with van der Waals surface area (Å²) in [5.41, 5.74) is 2.10. The molecule has 1 saturated carbocycles. The molecule has 0 aromatic heterocycles. The van der Waals surface area contributed by atoms with Crippen LogP contribution in [0.25, 0.3) is 0 Å². The van der Waals surface area contributed by atoms with E-state index in [1.807, 2.05) is 0 Å². The fraction of sp³-hybridized carbons (Fsp3) is 0.600. The minimum Gasteiger partial charge on any atom is -0.481 e. The predicted molar refractivity (Wildman–Crippen MR) is 97.8 cm³/mol. The van der Waals surface area contributed by atoms with E-state index in [0.717, 1.165) is 38.9 Å². The number of aliphatic carboxylic acids is 1. The summed E-state index contributed by atoms with van der Waals surface area (Å²) in [5, 5.41) is 12.6. The second-order valence-electron chi connectivity index (χ2n) is 7.96. The lowest BCUT2D eigenvalue weighted by Gasteiger charge is -2.29.